The van der Waals surface area contributed by atoms with Crippen LogP contribution in [-0.4, -0.2) is 74.1 Å². The van der Waals surface area contributed by atoms with E-state index < -0.39 is 0 Å². The van der Waals surface area contributed by atoms with E-state index in [1.54, 1.807) is 22.2 Å². The highest BCUT2D eigenvalue weighted by Gasteiger charge is 2.31. The molecule has 142 valence electrons. The molecular formula is C18H22N6O2S. The SMILES string of the molecule is CN1CCN(C(=O)c2nc3c4c5c(sc4ncn3n2)COC(C)(C)C5)CC1. The van der Waals surface area contributed by atoms with Gasteiger partial charge in [0.15, 0.2) is 5.65 Å². The van der Waals surface area contributed by atoms with Gasteiger partial charge in [-0.05, 0) is 26.5 Å². The van der Waals surface area contributed by atoms with Crippen molar-refractivity contribution in [2.75, 3.05) is 33.2 Å². The second-order valence-corrected chi connectivity index (χ2v) is 9.04. The predicted molar refractivity (Wildman–Crippen MR) is 102 cm³/mol. The summed E-state index contributed by atoms with van der Waals surface area (Å²) in [5.41, 5.74) is 1.73. The van der Waals surface area contributed by atoms with E-state index in [2.05, 4.69) is 40.9 Å². The van der Waals surface area contributed by atoms with Crippen LogP contribution in [-0.2, 0) is 17.8 Å². The van der Waals surface area contributed by atoms with Crippen molar-refractivity contribution in [1.82, 2.24) is 29.4 Å². The minimum Gasteiger partial charge on any atom is -0.370 e. The number of nitrogens with zero attached hydrogens (tertiary/aromatic N) is 6. The summed E-state index contributed by atoms with van der Waals surface area (Å²) in [6.45, 7) is 7.95. The average molecular weight is 386 g/mol. The third kappa shape index (κ3) is 2.81. The molecule has 0 saturated carbocycles. The van der Waals surface area contributed by atoms with Gasteiger partial charge in [0.1, 0.15) is 11.2 Å². The van der Waals surface area contributed by atoms with E-state index in [1.807, 2.05) is 4.90 Å². The summed E-state index contributed by atoms with van der Waals surface area (Å²) < 4.78 is 7.58. The van der Waals surface area contributed by atoms with E-state index in [-0.39, 0.29) is 17.3 Å². The Morgan fingerprint density at radius 2 is 2.04 bits per heavy atom. The van der Waals surface area contributed by atoms with E-state index in [9.17, 15) is 4.79 Å². The van der Waals surface area contributed by atoms with Crippen molar-refractivity contribution in [1.29, 1.82) is 0 Å². The molecule has 0 atom stereocenters. The Hall–Kier alpha value is -2.10. The molecule has 0 aromatic carbocycles. The lowest BCUT2D eigenvalue weighted by atomic mass is 9.94. The summed E-state index contributed by atoms with van der Waals surface area (Å²) in [7, 11) is 2.07. The number of thiophene rings is 1. The molecule has 8 nitrogen and oxygen atoms in total. The number of fused-ring (bicyclic) bond motifs is 5. The van der Waals surface area contributed by atoms with Gasteiger partial charge in [-0.1, -0.05) is 0 Å². The van der Waals surface area contributed by atoms with Crippen molar-refractivity contribution in [3.8, 4) is 0 Å². The molecule has 5 rings (SSSR count). The quantitative estimate of drug-likeness (QED) is 0.632. The normalized spacial score (nSPS) is 20.3. The summed E-state index contributed by atoms with van der Waals surface area (Å²) in [4.78, 5) is 28.2. The van der Waals surface area contributed by atoms with Crippen LogP contribution in [0.15, 0.2) is 6.33 Å². The zero-order valence-electron chi connectivity index (χ0n) is 15.7. The summed E-state index contributed by atoms with van der Waals surface area (Å²) in [6.07, 6.45) is 2.46. The van der Waals surface area contributed by atoms with Crippen molar-refractivity contribution in [2.45, 2.75) is 32.5 Å². The van der Waals surface area contributed by atoms with E-state index in [0.29, 0.717) is 25.3 Å². The Bertz CT molecular complexity index is 1050. The van der Waals surface area contributed by atoms with Gasteiger partial charge in [0, 0.05) is 37.5 Å². The van der Waals surface area contributed by atoms with Crippen LogP contribution in [0.1, 0.15) is 34.9 Å². The number of aromatic nitrogens is 4. The lowest BCUT2D eigenvalue weighted by Crippen LogP contribution is -2.47. The molecule has 27 heavy (non-hydrogen) atoms. The molecule has 0 bridgehead atoms. The molecule has 0 spiro atoms. The fraction of sp³-hybridized carbons (Fsp3) is 0.556. The maximum atomic E-state index is 12.9. The second kappa shape index (κ2) is 5.95. The molecular weight excluding hydrogens is 364 g/mol. The first-order valence-corrected chi connectivity index (χ1v) is 10.0. The summed E-state index contributed by atoms with van der Waals surface area (Å²) in [5, 5.41) is 5.45. The van der Waals surface area contributed by atoms with Crippen molar-refractivity contribution in [2.24, 2.45) is 0 Å². The molecule has 0 N–H and O–H groups in total. The molecule has 2 aliphatic rings. The standard InChI is InChI=1S/C18H22N6O2S/c1-18(2)8-11-12(9-26-18)27-16-13(11)15-20-14(21-24(15)10-19-16)17(25)23-6-4-22(3)5-7-23/h10H,4-9H2,1-3H3. The first-order chi connectivity index (χ1) is 12.9. The number of hydrogen-bond donors (Lipinski definition) is 0. The van der Waals surface area contributed by atoms with Crippen LogP contribution in [0.5, 0.6) is 0 Å². The molecule has 1 saturated heterocycles. The largest absolute Gasteiger partial charge is 0.370 e. The summed E-state index contributed by atoms with van der Waals surface area (Å²) in [5.74, 6) is 0.146. The van der Waals surface area contributed by atoms with Crippen LogP contribution in [0.4, 0.5) is 0 Å². The van der Waals surface area contributed by atoms with Crippen molar-refractivity contribution >= 4 is 33.1 Å². The number of rotatable bonds is 1. The van der Waals surface area contributed by atoms with Crippen molar-refractivity contribution in [3.63, 3.8) is 0 Å². The van der Waals surface area contributed by atoms with Crippen molar-refractivity contribution < 1.29 is 9.53 Å². The fourth-order valence-electron chi connectivity index (χ4n) is 3.78. The Morgan fingerprint density at radius 3 is 2.81 bits per heavy atom. The van der Waals surface area contributed by atoms with E-state index >= 15 is 0 Å². The Labute approximate surface area is 160 Å². The lowest BCUT2D eigenvalue weighted by molar-refractivity contribution is -0.0379. The lowest BCUT2D eigenvalue weighted by Gasteiger charge is -2.31. The minimum absolute atomic E-state index is 0.104. The second-order valence-electron chi connectivity index (χ2n) is 7.95. The molecule has 1 fully saturated rings. The molecule has 3 aromatic rings. The number of piperazine rings is 1. The van der Waals surface area contributed by atoms with Gasteiger partial charge in [-0.2, -0.15) is 0 Å². The van der Waals surface area contributed by atoms with Gasteiger partial charge in [0.2, 0.25) is 5.82 Å². The molecule has 0 radical (unpaired) electrons. The van der Waals surface area contributed by atoms with Gasteiger partial charge in [-0.3, -0.25) is 4.79 Å². The van der Waals surface area contributed by atoms with Crippen LogP contribution in [0, 0.1) is 0 Å². The maximum absolute atomic E-state index is 12.9. The maximum Gasteiger partial charge on any atom is 0.293 e. The van der Waals surface area contributed by atoms with Gasteiger partial charge in [0.05, 0.1) is 17.6 Å². The summed E-state index contributed by atoms with van der Waals surface area (Å²) in [6, 6.07) is 0. The predicted octanol–water partition coefficient (Wildman–Crippen LogP) is 1.58. The monoisotopic (exact) mass is 386 g/mol. The molecule has 2 aliphatic heterocycles. The topological polar surface area (TPSA) is 75.9 Å². The molecule has 5 heterocycles. The van der Waals surface area contributed by atoms with E-state index in [1.165, 1.54) is 10.4 Å². The Balaban J connectivity index is 1.58. The zero-order valence-corrected chi connectivity index (χ0v) is 16.5. The Kier molecular flexibility index (Phi) is 3.75. The minimum atomic E-state index is -0.216. The average Bonchev–Trinajstić information content (AvgIpc) is 3.21. The molecule has 9 heteroatoms. The number of likely N-dealkylation sites (N-methyl/N-ethyl adjacent to an activating group) is 1. The van der Waals surface area contributed by atoms with Gasteiger partial charge in [-0.15, -0.1) is 16.4 Å². The van der Waals surface area contributed by atoms with Crippen LogP contribution >= 0.6 is 11.3 Å². The van der Waals surface area contributed by atoms with Crippen molar-refractivity contribution in [3.05, 3.63) is 22.6 Å². The molecule has 1 amide bonds. The number of carbonyl (C=O) groups is 1. The number of ether oxygens (including phenoxy) is 1. The van der Waals surface area contributed by atoms with Crippen LogP contribution < -0.4 is 0 Å². The highest BCUT2D eigenvalue weighted by molar-refractivity contribution is 7.19. The van der Waals surface area contributed by atoms with Crippen LogP contribution in [0.25, 0.3) is 15.9 Å². The first-order valence-electron chi connectivity index (χ1n) is 9.19. The van der Waals surface area contributed by atoms with Gasteiger partial charge < -0.3 is 14.5 Å². The van der Waals surface area contributed by atoms with Crippen LogP contribution in [0.2, 0.25) is 0 Å². The smallest absolute Gasteiger partial charge is 0.293 e. The third-order valence-electron chi connectivity index (χ3n) is 5.39. The Morgan fingerprint density at radius 1 is 1.26 bits per heavy atom. The summed E-state index contributed by atoms with van der Waals surface area (Å²) >= 11 is 1.64. The van der Waals surface area contributed by atoms with Gasteiger partial charge >= 0.3 is 0 Å². The number of hydrogen-bond acceptors (Lipinski definition) is 7. The highest BCUT2D eigenvalue weighted by atomic mass is 32.1. The third-order valence-corrected chi connectivity index (χ3v) is 6.50. The van der Waals surface area contributed by atoms with E-state index in [4.69, 9.17) is 4.74 Å². The first kappa shape index (κ1) is 17.0. The highest BCUT2D eigenvalue weighted by Crippen LogP contribution is 2.39. The van der Waals surface area contributed by atoms with Gasteiger partial charge in [0.25, 0.3) is 5.91 Å². The van der Waals surface area contributed by atoms with Gasteiger partial charge in [-0.25, -0.2) is 14.5 Å². The number of amides is 1. The molecule has 3 aromatic heterocycles. The zero-order chi connectivity index (χ0) is 18.8. The molecule has 0 aliphatic carbocycles. The van der Waals surface area contributed by atoms with Crippen LogP contribution in [0.3, 0.4) is 0 Å². The fourth-order valence-corrected chi connectivity index (χ4v) is 4.85. The molecule has 0 unspecified atom stereocenters. The van der Waals surface area contributed by atoms with E-state index in [0.717, 1.165) is 29.7 Å². The number of carbonyl (C=O) groups excluding carboxylic acids is 1.